The van der Waals surface area contributed by atoms with Gasteiger partial charge in [0.1, 0.15) is 17.8 Å². The number of nitro groups is 1. The summed E-state index contributed by atoms with van der Waals surface area (Å²) in [5.74, 6) is 0.192. The fourth-order valence-electron chi connectivity index (χ4n) is 2.37. The number of nitrogens with one attached hydrogen (secondary N) is 3. The molecule has 0 unspecified atom stereocenters. The van der Waals surface area contributed by atoms with Crippen LogP contribution < -0.4 is 20.9 Å². The fourth-order valence-corrected chi connectivity index (χ4v) is 2.37. The predicted octanol–water partition coefficient (Wildman–Crippen LogP) is 2.36. The third-order valence-electron chi connectivity index (χ3n) is 3.66. The molecule has 144 valence electrons. The molecule has 1 aromatic carbocycles. The second-order valence-corrected chi connectivity index (χ2v) is 5.39. The van der Waals surface area contributed by atoms with Crippen LogP contribution in [0.3, 0.4) is 0 Å². The van der Waals surface area contributed by atoms with E-state index in [9.17, 15) is 14.9 Å². The zero-order chi connectivity index (χ0) is 19.9. The lowest BCUT2D eigenvalue weighted by molar-refractivity contribution is -0.383. The van der Waals surface area contributed by atoms with E-state index in [1.165, 1.54) is 13.4 Å². The molecule has 11 heteroatoms. The molecule has 0 spiro atoms. The second kappa shape index (κ2) is 8.49. The summed E-state index contributed by atoms with van der Waals surface area (Å²) in [6.07, 6.45) is 2.63. The highest BCUT2D eigenvalue weighted by Gasteiger charge is 2.24. The predicted molar refractivity (Wildman–Crippen MR) is 98.8 cm³/mol. The zero-order valence-corrected chi connectivity index (χ0v) is 14.7. The number of rotatable bonds is 8. The van der Waals surface area contributed by atoms with Gasteiger partial charge < -0.3 is 14.5 Å². The summed E-state index contributed by atoms with van der Waals surface area (Å²) >= 11 is 0. The average Bonchev–Trinajstić information content (AvgIpc) is 3.23. The van der Waals surface area contributed by atoms with Crippen LogP contribution in [0.5, 0.6) is 5.75 Å². The van der Waals surface area contributed by atoms with Crippen molar-refractivity contribution in [2.75, 3.05) is 17.9 Å². The number of hydrogen-bond acceptors (Lipinski definition) is 9. The van der Waals surface area contributed by atoms with Crippen molar-refractivity contribution >= 4 is 23.2 Å². The van der Waals surface area contributed by atoms with Crippen molar-refractivity contribution in [2.45, 2.75) is 6.54 Å². The number of benzene rings is 1. The summed E-state index contributed by atoms with van der Waals surface area (Å²) in [6.45, 7) is 0.192. The Morgan fingerprint density at radius 2 is 2.00 bits per heavy atom. The van der Waals surface area contributed by atoms with Crippen molar-refractivity contribution in [3.63, 3.8) is 0 Å². The molecule has 28 heavy (non-hydrogen) atoms. The Hall–Kier alpha value is -4.15. The quantitative estimate of drug-likeness (QED) is 0.393. The molecule has 1 amide bonds. The Morgan fingerprint density at radius 1 is 1.21 bits per heavy atom. The molecular formula is C17H16N6O5. The van der Waals surface area contributed by atoms with Crippen LogP contribution in [0.25, 0.3) is 0 Å². The van der Waals surface area contributed by atoms with Gasteiger partial charge in [0.05, 0.1) is 30.4 Å². The van der Waals surface area contributed by atoms with Crippen molar-refractivity contribution in [2.24, 2.45) is 0 Å². The third-order valence-corrected chi connectivity index (χ3v) is 3.66. The lowest BCUT2D eigenvalue weighted by Crippen LogP contribution is -2.30. The minimum Gasteiger partial charge on any atom is -0.496 e. The average molecular weight is 384 g/mol. The van der Waals surface area contributed by atoms with Crippen molar-refractivity contribution in [1.82, 2.24) is 15.4 Å². The molecule has 3 aromatic rings. The molecule has 0 aliphatic carbocycles. The topological polar surface area (TPSA) is 144 Å². The lowest BCUT2D eigenvalue weighted by Gasteiger charge is -2.12. The highest BCUT2D eigenvalue weighted by molar-refractivity contribution is 5.97. The Labute approximate surface area is 158 Å². The van der Waals surface area contributed by atoms with Crippen LogP contribution in [0, 0.1) is 10.1 Å². The largest absolute Gasteiger partial charge is 0.496 e. The van der Waals surface area contributed by atoms with Crippen molar-refractivity contribution in [3.8, 4) is 5.75 Å². The molecule has 11 nitrogen and oxygen atoms in total. The SMILES string of the molecule is COc1ccccc1C(=O)NNc1ncnc(NCc2ccco2)c1[N+](=O)[O-]. The Balaban J connectivity index is 1.76. The smallest absolute Gasteiger partial charge is 0.354 e. The van der Waals surface area contributed by atoms with Gasteiger partial charge in [0.25, 0.3) is 5.91 Å². The zero-order valence-electron chi connectivity index (χ0n) is 14.7. The molecule has 3 N–H and O–H groups in total. The number of nitrogens with zero attached hydrogens (tertiary/aromatic N) is 3. The molecule has 0 saturated heterocycles. The Morgan fingerprint density at radius 3 is 2.71 bits per heavy atom. The molecule has 0 radical (unpaired) electrons. The monoisotopic (exact) mass is 384 g/mol. The molecular weight excluding hydrogens is 368 g/mol. The number of carbonyl (C=O) groups excluding carboxylic acids is 1. The highest BCUT2D eigenvalue weighted by Crippen LogP contribution is 2.28. The van der Waals surface area contributed by atoms with Gasteiger partial charge in [-0.25, -0.2) is 9.97 Å². The number of para-hydroxylation sites is 1. The number of hydrazine groups is 1. The first-order valence-electron chi connectivity index (χ1n) is 8.05. The number of hydrogen-bond donors (Lipinski definition) is 3. The van der Waals surface area contributed by atoms with Gasteiger partial charge in [-0.2, -0.15) is 0 Å². The van der Waals surface area contributed by atoms with Crippen molar-refractivity contribution < 1.29 is 18.9 Å². The second-order valence-electron chi connectivity index (χ2n) is 5.39. The molecule has 0 aliphatic heterocycles. The lowest BCUT2D eigenvalue weighted by atomic mass is 10.2. The Kier molecular flexibility index (Phi) is 5.65. The van der Waals surface area contributed by atoms with E-state index < -0.39 is 16.5 Å². The maximum absolute atomic E-state index is 12.4. The van der Waals surface area contributed by atoms with E-state index in [-0.39, 0.29) is 23.7 Å². The first-order valence-corrected chi connectivity index (χ1v) is 8.05. The van der Waals surface area contributed by atoms with Gasteiger partial charge >= 0.3 is 5.69 Å². The maximum atomic E-state index is 12.4. The summed E-state index contributed by atoms with van der Waals surface area (Å²) in [5, 5.41) is 14.3. The van der Waals surface area contributed by atoms with Crippen LogP contribution in [0.15, 0.2) is 53.4 Å². The summed E-state index contributed by atoms with van der Waals surface area (Å²) in [5.41, 5.74) is 4.67. The third kappa shape index (κ3) is 4.15. The number of amides is 1. The van der Waals surface area contributed by atoms with Gasteiger partial charge in [0, 0.05) is 0 Å². The number of furan rings is 1. The van der Waals surface area contributed by atoms with Crippen LogP contribution in [0.2, 0.25) is 0 Å². The molecule has 0 aliphatic rings. The van der Waals surface area contributed by atoms with Gasteiger partial charge in [0.2, 0.25) is 11.6 Å². The van der Waals surface area contributed by atoms with E-state index in [0.29, 0.717) is 11.5 Å². The van der Waals surface area contributed by atoms with Crippen LogP contribution in [-0.2, 0) is 6.54 Å². The fraction of sp³-hybridized carbons (Fsp3) is 0.118. The van der Waals surface area contributed by atoms with Gasteiger partial charge in [-0.15, -0.1) is 0 Å². The van der Waals surface area contributed by atoms with Crippen molar-refractivity contribution in [3.05, 3.63) is 70.4 Å². The number of aromatic nitrogens is 2. The van der Waals surface area contributed by atoms with Crippen LogP contribution >= 0.6 is 0 Å². The molecule has 0 atom stereocenters. The van der Waals surface area contributed by atoms with E-state index in [4.69, 9.17) is 9.15 Å². The first-order chi connectivity index (χ1) is 13.6. The normalized spacial score (nSPS) is 10.2. The molecule has 0 bridgehead atoms. The van der Waals surface area contributed by atoms with Crippen LogP contribution in [0.4, 0.5) is 17.3 Å². The first kappa shape index (κ1) is 18.6. The standard InChI is InChI=1S/C17H16N6O5/c1-27-13-7-3-2-6-12(13)17(24)22-21-16-14(23(25)26)15(19-10-20-16)18-9-11-5-4-8-28-11/h2-8,10H,9H2,1H3,(H,22,24)(H2,18,19,20,21). The van der Waals surface area contributed by atoms with Crippen molar-refractivity contribution in [1.29, 1.82) is 0 Å². The van der Waals surface area contributed by atoms with Crippen LogP contribution in [0.1, 0.15) is 16.1 Å². The molecule has 2 aromatic heterocycles. The number of ether oxygens (including phenoxy) is 1. The number of carbonyl (C=O) groups is 1. The molecule has 3 rings (SSSR count). The minimum atomic E-state index is -0.651. The van der Waals surface area contributed by atoms with Crippen LogP contribution in [-0.4, -0.2) is 27.9 Å². The summed E-state index contributed by atoms with van der Waals surface area (Å²) < 4.78 is 10.3. The summed E-state index contributed by atoms with van der Waals surface area (Å²) in [6, 6.07) is 9.98. The molecule has 0 fully saturated rings. The van der Waals surface area contributed by atoms with E-state index in [1.807, 2.05) is 0 Å². The summed E-state index contributed by atoms with van der Waals surface area (Å²) in [4.78, 5) is 30.9. The van der Waals surface area contributed by atoms with Gasteiger partial charge in [0.15, 0.2) is 0 Å². The molecule has 0 saturated carbocycles. The van der Waals surface area contributed by atoms with Gasteiger partial charge in [-0.05, 0) is 24.3 Å². The summed E-state index contributed by atoms with van der Waals surface area (Å²) in [7, 11) is 1.44. The van der Waals surface area contributed by atoms with Gasteiger partial charge in [-0.3, -0.25) is 25.8 Å². The number of anilines is 2. The van der Waals surface area contributed by atoms with E-state index >= 15 is 0 Å². The number of methoxy groups -OCH3 is 1. The van der Waals surface area contributed by atoms with Gasteiger partial charge in [-0.1, -0.05) is 12.1 Å². The minimum absolute atomic E-state index is 0.0227. The molecule has 2 heterocycles. The highest BCUT2D eigenvalue weighted by atomic mass is 16.6. The Bertz CT molecular complexity index is 976. The van der Waals surface area contributed by atoms with E-state index in [1.54, 1.807) is 36.4 Å². The van der Waals surface area contributed by atoms with E-state index in [0.717, 1.165) is 6.33 Å². The maximum Gasteiger partial charge on any atom is 0.354 e. The van der Waals surface area contributed by atoms with E-state index in [2.05, 4.69) is 26.1 Å².